The van der Waals surface area contributed by atoms with Gasteiger partial charge in [-0.05, 0) is 75.5 Å². The molecule has 130 valence electrons. The van der Waals surface area contributed by atoms with E-state index in [0.717, 1.165) is 38.7 Å². The molecule has 4 unspecified atom stereocenters. The molecule has 0 N–H and O–H groups in total. The fourth-order valence-electron chi connectivity index (χ4n) is 5.17. The minimum Gasteiger partial charge on any atom is -0.465 e. The summed E-state index contributed by atoms with van der Waals surface area (Å²) < 4.78 is 10.9. The van der Waals surface area contributed by atoms with Gasteiger partial charge in [-0.2, -0.15) is 0 Å². The molecule has 4 atom stereocenters. The fourth-order valence-corrected chi connectivity index (χ4v) is 5.17. The molecule has 2 bridgehead atoms. The first-order chi connectivity index (χ1) is 11.1. The van der Waals surface area contributed by atoms with Gasteiger partial charge in [0.2, 0.25) is 0 Å². The van der Waals surface area contributed by atoms with Crippen molar-refractivity contribution in [3.8, 4) is 0 Å². The summed E-state index contributed by atoms with van der Waals surface area (Å²) in [5.41, 5.74) is 0. The van der Waals surface area contributed by atoms with E-state index in [1.54, 1.807) is 14.0 Å². The van der Waals surface area contributed by atoms with Crippen LogP contribution in [-0.4, -0.2) is 32.1 Å². The lowest BCUT2D eigenvalue weighted by Gasteiger charge is -2.29. The molecule has 3 rings (SSSR count). The van der Waals surface area contributed by atoms with Crippen molar-refractivity contribution in [3.63, 3.8) is 0 Å². The van der Waals surface area contributed by atoms with Gasteiger partial charge in [0.15, 0.2) is 0 Å². The Labute approximate surface area is 139 Å². The molecule has 23 heavy (non-hydrogen) atoms. The molecule has 3 aliphatic carbocycles. The lowest BCUT2D eigenvalue weighted by Crippen LogP contribution is -2.30. The Hall–Kier alpha value is -0.900. The Kier molecular flexibility index (Phi) is 5.40. The molecule has 4 heteroatoms. The molecule has 0 aliphatic heterocycles. The quantitative estimate of drug-likeness (QED) is 0.705. The maximum atomic E-state index is 12.4. The van der Waals surface area contributed by atoms with Gasteiger partial charge in [0.25, 0.3) is 0 Å². The highest BCUT2D eigenvalue weighted by molar-refractivity contribution is 5.80. The van der Waals surface area contributed by atoms with E-state index < -0.39 is 0 Å². The highest BCUT2D eigenvalue weighted by Gasteiger charge is 2.50. The molecular formula is C19H30O4. The van der Waals surface area contributed by atoms with E-state index in [1.165, 1.54) is 12.8 Å². The fraction of sp³-hybridized carbons (Fsp3) is 0.895. The monoisotopic (exact) mass is 322 g/mol. The van der Waals surface area contributed by atoms with Crippen LogP contribution in [0.1, 0.15) is 51.9 Å². The molecule has 0 heterocycles. The zero-order valence-electron chi connectivity index (χ0n) is 14.5. The molecule has 3 aliphatic rings. The Balaban J connectivity index is 1.39. The second-order valence-corrected chi connectivity index (χ2v) is 8.02. The molecular weight excluding hydrogens is 292 g/mol. The average Bonchev–Trinajstić information content (AvgIpc) is 3.14. The summed E-state index contributed by atoms with van der Waals surface area (Å²) in [6.45, 7) is 3.14. The zero-order valence-corrected chi connectivity index (χ0v) is 14.5. The van der Waals surface area contributed by atoms with Crippen molar-refractivity contribution >= 4 is 11.8 Å². The second kappa shape index (κ2) is 7.33. The zero-order chi connectivity index (χ0) is 16.4. The first kappa shape index (κ1) is 16.9. The minimum atomic E-state index is -0.00137. The first-order valence-corrected chi connectivity index (χ1v) is 9.24. The van der Waals surface area contributed by atoms with Crippen LogP contribution in [0.5, 0.6) is 0 Å². The number of ketones is 1. The van der Waals surface area contributed by atoms with Crippen LogP contribution in [0.2, 0.25) is 0 Å². The van der Waals surface area contributed by atoms with Crippen LogP contribution >= 0.6 is 0 Å². The van der Waals surface area contributed by atoms with E-state index >= 15 is 0 Å². The first-order valence-electron chi connectivity index (χ1n) is 9.24. The normalized spacial score (nSPS) is 39.4. The van der Waals surface area contributed by atoms with Gasteiger partial charge < -0.3 is 9.47 Å². The maximum absolute atomic E-state index is 12.4. The second-order valence-electron chi connectivity index (χ2n) is 8.02. The number of hydrogen-bond donors (Lipinski definition) is 0. The number of fused-ring (bicyclic) bond motifs is 2. The van der Waals surface area contributed by atoms with Crippen molar-refractivity contribution in [2.24, 2.45) is 35.5 Å². The average molecular weight is 322 g/mol. The number of carbonyl (C=O) groups is 2. The lowest BCUT2D eigenvalue weighted by molar-refractivity contribution is -0.153. The van der Waals surface area contributed by atoms with Crippen molar-refractivity contribution in [2.75, 3.05) is 20.3 Å². The van der Waals surface area contributed by atoms with Gasteiger partial charge >= 0.3 is 5.97 Å². The van der Waals surface area contributed by atoms with Gasteiger partial charge in [-0.3, -0.25) is 9.59 Å². The Bertz CT molecular complexity index is 439. The summed E-state index contributed by atoms with van der Waals surface area (Å²) in [4.78, 5) is 24.0. The summed E-state index contributed by atoms with van der Waals surface area (Å²) in [7, 11) is 1.76. The Morgan fingerprint density at radius 3 is 1.96 bits per heavy atom. The molecule has 3 saturated carbocycles. The van der Waals surface area contributed by atoms with Crippen LogP contribution in [0.3, 0.4) is 0 Å². The van der Waals surface area contributed by atoms with E-state index in [1.807, 2.05) is 0 Å². The van der Waals surface area contributed by atoms with Crippen LogP contribution in [0.25, 0.3) is 0 Å². The van der Waals surface area contributed by atoms with E-state index in [4.69, 9.17) is 9.47 Å². The third-order valence-electron chi connectivity index (χ3n) is 6.51. The van der Waals surface area contributed by atoms with Gasteiger partial charge in [0.1, 0.15) is 5.78 Å². The number of carbonyl (C=O) groups excluding carboxylic acids is 2. The van der Waals surface area contributed by atoms with Crippen LogP contribution in [0.15, 0.2) is 0 Å². The summed E-state index contributed by atoms with van der Waals surface area (Å²) in [6, 6.07) is 0. The summed E-state index contributed by atoms with van der Waals surface area (Å²) in [5.74, 6) is 2.59. The Morgan fingerprint density at radius 2 is 1.43 bits per heavy atom. The van der Waals surface area contributed by atoms with Crippen molar-refractivity contribution in [1.82, 2.24) is 0 Å². The standard InChI is InChI=1S/C19H30O4/c1-12(20)17-8-16-7-15(17)9-18(16)19(21)23-11-14-5-3-13(4-6-14)10-22-2/h13-18H,3-11H2,1-2H3. The van der Waals surface area contributed by atoms with E-state index in [0.29, 0.717) is 36.1 Å². The molecule has 0 radical (unpaired) electrons. The molecule has 4 nitrogen and oxygen atoms in total. The van der Waals surface area contributed by atoms with Crippen LogP contribution in [-0.2, 0) is 19.1 Å². The molecule has 0 aromatic rings. The van der Waals surface area contributed by atoms with Gasteiger partial charge in [-0.25, -0.2) is 0 Å². The third kappa shape index (κ3) is 3.78. The van der Waals surface area contributed by atoms with Crippen LogP contribution < -0.4 is 0 Å². The predicted molar refractivity (Wildman–Crippen MR) is 86.8 cm³/mol. The lowest BCUT2D eigenvalue weighted by atomic mass is 9.80. The van der Waals surface area contributed by atoms with Gasteiger partial charge in [-0.1, -0.05) is 0 Å². The molecule has 0 amide bonds. The van der Waals surface area contributed by atoms with E-state index in [-0.39, 0.29) is 17.8 Å². The van der Waals surface area contributed by atoms with E-state index in [2.05, 4.69) is 0 Å². The number of methoxy groups -OCH3 is 1. The smallest absolute Gasteiger partial charge is 0.309 e. The van der Waals surface area contributed by atoms with Crippen LogP contribution in [0.4, 0.5) is 0 Å². The largest absolute Gasteiger partial charge is 0.465 e. The highest BCUT2D eigenvalue weighted by Crippen LogP contribution is 2.52. The molecule has 0 aromatic carbocycles. The van der Waals surface area contributed by atoms with Crippen molar-refractivity contribution in [1.29, 1.82) is 0 Å². The number of hydrogen-bond acceptors (Lipinski definition) is 4. The number of ether oxygens (including phenoxy) is 2. The number of esters is 1. The minimum absolute atomic E-state index is 0.00137. The molecule has 0 spiro atoms. The summed E-state index contributed by atoms with van der Waals surface area (Å²) >= 11 is 0. The van der Waals surface area contributed by atoms with Crippen molar-refractivity contribution in [3.05, 3.63) is 0 Å². The van der Waals surface area contributed by atoms with Gasteiger partial charge in [-0.15, -0.1) is 0 Å². The SMILES string of the molecule is COCC1CCC(COC(=O)C2CC3CC2CC3C(C)=O)CC1. The highest BCUT2D eigenvalue weighted by atomic mass is 16.5. The molecule has 3 fully saturated rings. The van der Waals surface area contributed by atoms with Crippen molar-refractivity contribution in [2.45, 2.75) is 51.9 Å². The number of rotatable bonds is 6. The molecule has 0 saturated heterocycles. The number of Topliss-reactive ketones (excluding diaryl/α,β-unsaturated/α-hetero) is 1. The Morgan fingerprint density at radius 1 is 0.870 bits per heavy atom. The van der Waals surface area contributed by atoms with Crippen LogP contribution in [0, 0.1) is 35.5 Å². The van der Waals surface area contributed by atoms with Gasteiger partial charge in [0, 0.05) is 19.6 Å². The van der Waals surface area contributed by atoms with E-state index in [9.17, 15) is 9.59 Å². The summed E-state index contributed by atoms with van der Waals surface area (Å²) in [5, 5.41) is 0. The maximum Gasteiger partial charge on any atom is 0.309 e. The third-order valence-corrected chi connectivity index (χ3v) is 6.51. The summed E-state index contributed by atoms with van der Waals surface area (Å²) in [6.07, 6.45) is 7.48. The molecule has 0 aromatic heterocycles. The van der Waals surface area contributed by atoms with Gasteiger partial charge in [0.05, 0.1) is 12.5 Å². The topological polar surface area (TPSA) is 52.6 Å². The predicted octanol–water partition coefficient (Wildman–Crippen LogP) is 3.23. The van der Waals surface area contributed by atoms with Crippen molar-refractivity contribution < 1.29 is 19.1 Å².